The van der Waals surface area contributed by atoms with Gasteiger partial charge in [0.2, 0.25) is 11.8 Å². The summed E-state index contributed by atoms with van der Waals surface area (Å²) in [6.45, 7) is 5.58. The van der Waals surface area contributed by atoms with Crippen molar-refractivity contribution in [3.63, 3.8) is 0 Å². The fourth-order valence-corrected chi connectivity index (χ4v) is 2.09. The predicted molar refractivity (Wildman–Crippen MR) is 68.9 cm³/mol. The number of carbonyl (C=O) groups excluding carboxylic acids is 2. The van der Waals surface area contributed by atoms with Gasteiger partial charge in [-0.15, -0.1) is 0 Å². The van der Waals surface area contributed by atoms with Crippen LogP contribution in [0.5, 0.6) is 0 Å². The smallest absolute Gasteiger partial charge is 0.246 e. The van der Waals surface area contributed by atoms with E-state index in [1.165, 1.54) is 0 Å². The van der Waals surface area contributed by atoms with E-state index in [-0.39, 0.29) is 18.4 Å². The molecule has 1 saturated heterocycles. The zero-order chi connectivity index (χ0) is 14.0. The first-order valence-electron chi connectivity index (χ1n) is 6.35. The lowest BCUT2D eigenvalue weighted by atomic mass is 9.95. The van der Waals surface area contributed by atoms with Crippen LogP contribution in [0, 0.1) is 0 Å². The summed E-state index contributed by atoms with van der Waals surface area (Å²) in [7, 11) is 0. The Hall–Kier alpha value is -1.98. The number of nitrogens with zero attached hydrogens (tertiary/aromatic N) is 3. The monoisotopic (exact) mass is 262 g/mol. The molecule has 1 fully saturated rings. The number of aromatic nitrogens is 2. The molecular weight excluding hydrogens is 244 g/mol. The average Bonchev–Trinajstić information content (AvgIpc) is 2.40. The van der Waals surface area contributed by atoms with Gasteiger partial charge in [0.05, 0.1) is 6.54 Å². The van der Waals surface area contributed by atoms with E-state index in [0.29, 0.717) is 12.2 Å². The summed E-state index contributed by atoms with van der Waals surface area (Å²) >= 11 is 0. The summed E-state index contributed by atoms with van der Waals surface area (Å²) in [6.07, 6.45) is 3.83. The summed E-state index contributed by atoms with van der Waals surface area (Å²) in [5.41, 5.74) is -0.887. The first kappa shape index (κ1) is 13.5. The summed E-state index contributed by atoms with van der Waals surface area (Å²) in [5, 5.41) is 2.75. The molecule has 6 nitrogen and oxygen atoms in total. The summed E-state index contributed by atoms with van der Waals surface area (Å²) in [5.74, 6) is 0.308. The SMILES string of the molecule is CCC1NC(=O)C(C)(C)N(Cc2ncccn2)C1=O. The largest absolute Gasteiger partial charge is 0.342 e. The van der Waals surface area contributed by atoms with Crippen LogP contribution in [0.25, 0.3) is 0 Å². The van der Waals surface area contributed by atoms with Gasteiger partial charge in [-0.2, -0.15) is 0 Å². The summed E-state index contributed by atoms with van der Waals surface area (Å²) in [6, 6.07) is 1.26. The molecule has 0 spiro atoms. The zero-order valence-electron chi connectivity index (χ0n) is 11.4. The van der Waals surface area contributed by atoms with Gasteiger partial charge in [-0.1, -0.05) is 6.92 Å². The van der Waals surface area contributed by atoms with Crippen molar-refractivity contribution in [3.8, 4) is 0 Å². The highest BCUT2D eigenvalue weighted by atomic mass is 16.2. The number of rotatable bonds is 3. The third kappa shape index (κ3) is 2.43. The van der Waals surface area contributed by atoms with Crippen molar-refractivity contribution in [2.45, 2.75) is 45.3 Å². The van der Waals surface area contributed by atoms with Crippen LogP contribution in [0.15, 0.2) is 18.5 Å². The van der Waals surface area contributed by atoms with Gasteiger partial charge in [-0.05, 0) is 26.3 Å². The molecule has 0 saturated carbocycles. The van der Waals surface area contributed by atoms with Crippen LogP contribution in [0.3, 0.4) is 0 Å². The normalized spacial score (nSPS) is 22.3. The maximum atomic E-state index is 12.4. The summed E-state index contributed by atoms with van der Waals surface area (Å²) < 4.78 is 0. The third-order valence-electron chi connectivity index (χ3n) is 3.43. The van der Waals surface area contributed by atoms with Crippen LogP contribution in [-0.2, 0) is 16.1 Å². The van der Waals surface area contributed by atoms with Crippen LogP contribution in [0.4, 0.5) is 0 Å². The molecule has 2 amide bonds. The minimum atomic E-state index is -0.887. The van der Waals surface area contributed by atoms with Gasteiger partial charge in [0.25, 0.3) is 0 Å². The Morgan fingerprint density at radius 3 is 2.53 bits per heavy atom. The number of amides is 2. The van der Waals surface area contributed by atoms with E-state index in [1.807, 2.05) is 6.92 Å². The third-order valence-corrected chi connectivity index (χ3v) is 3.43. The molecular formula is C13H18N4O2. The Morgan fingerprint density at radius 1 is 1.32 bits per heavy atom. The molecule has 1 aliphatic heterocycles. The van der Waals surface area contributed by atoms with E-state index in [1.54, 1.807) is 37.2 Å². The molecule has 0 bridgehead atoms. The van der Waals surface area contributed by atoms with E-state index in [2.05, 4.69) is 15.3 Å². The topological polar surface area (TPSA) is 75.2 Å². The second kappa shape index (κ2) is 4.95. The fraction of sp³-hybridized carbons (Fsp3) is 0.538. The van der Waals surface area contributed by atoms with Gasteiger partial charge in [0.15, 0.2) is 0 Å². The number of piperazine rings is 1. The van der Waals surface area contributed by atoms with E-state index in [0.717, 1.165) is 0 Å². The van der Waals surface area contributed by atoms with Crippen molar-refractivity contribution in [1.82, 2.24) is 20.2 Å². The average molecular weight is 262 g/mol. The molecule has 0 aromatic carbocycles. The Morgan fingerprint density at radius 2 is 1.95 bits per heavy atom. The highest BCUT2D eigenvalue weighted by Crippen LogP contribution is 2.23. The van der Waals surface area contributed by atoms with E-state index in [9.17, 15) is 9.59 Å². The van der Waals surface area contributed by atoms with Crippen LogP contribution < -0.4 is 5.32 Å². The van der Waals surface area contributed by atoms with Gasteiger partial charge in [-0.25, -0.2) is 9.97 Å². The molecule has 0 radical (unpaired) electrons. The van der Waals surface area contributed by atoms with Crippen molar-refractivity contribution >= 4 is 11.8 Å². The van der Waals surface area contributed by atoms with Gasteiger partial charge in [-0.3, -0.25) is 9.59 Å². The summed E-state index contributed by atoms with van der Waals surface area (Å²) in [4.78, 5) is 34.2. The van der Waals surface area contributed by atoms with Crippen molar-refractivity contribution in [2.75, 3.05) is 0 Å². The minimum absolute atomic E-state index is 0.0837. The molecule has 0 aliphatic carbocycles. The number of nitrogens with one attached hydrogen (secondary N) is 1. The molecule has 2 heterocycles. The first-order chi connectivity index (χ1) is 8.96. The van der Waals surface area contributed by atoms with Gasteiger partial charge < -0.3 is 10.2 Å². The van der Waals surface area contributed by atoms with Crippen molar-refractivity contribution in [1.29, 1.82) is 0 Å². The maximum absolute atomic E-state index is 12.4. The van der Waals surface area contributed by atoms with Crippen molar-refractivity contribution in [2.24, 2.45) is 0 Å². The molecule has 19 heavy (non-hydrogen) atoms. The van der Waals surface area contributed by atoms with Crippen molar-refractivity contribution in [3.05, 3.63) is 24.3 Å². The quantitative estimate of drug-likeness (QED) is 0.860. The molecule has 6 heteroatoms. The molecule has 1 aromatic heterocycles. The lowest BCUT2D eigenvalue weighted by Crippen LogP contribution is -2.67. The van der Waals surface area contributed by atoms with Crippen LogP contribution in [0.1, 0.15) is 33.0 Å². The van der Waals surface area contributed by atoms with Gasteiger partial charge in [0, 0.05) is 12.4 Å². The Balaban J connectivity index is 2.28. The second-order valence-electron chi connectivity index (χ2n) is 5.08. The van der Waals surface area contributed by atoms with E-state index < -0.39 is 11.6 Å². The van der Waals surface area contributed by atoms with Crippen LogP contribution in [0.2, 0.25) is 0 Å². The Kier molecular flexibility index (Phi) is 3.50. The number of hydrogen-bond donors (Lipinski definition) is 1. The van der Waals surface area contributed by atoms with E-state index >= 15 is 0 Å². The molecule has 1 aromatic rings. The van der Waals surface area contributed by atoms with Crippen LogP contribution >= 0.6 is 0 Å². The lowest BCUT2D eigenvalue weighted by molar-refractivity contribution is -0.156. The maximum Gasteiger partial charge on any atom is 0.246 e. The molecule has 2 rings (SSSR count). The molecule has 1 atom stereocenters. The van der Waals surface area contributed by atoms with E-state index in [4.69, 9.17) is 0 Å². The standard InChI is InChI=1S/C13H18N4O2/c1-4-9-11(18)17(13(2,3)12(19)16-9)8-10-14-6-5-7-15-10/h5-7,9H,4,8H2,1-3H3,(H,16,19). The number of hydrogen-bond acceptors (Lipinski definition) is 4. The second-order valence-corrected chi connectivity index (χ2v) is 5.08. The minimum Gasteiger partial charge on any atom is -0.342 e. The molecule has 1 aliphatic rings. The zero-order valence-corrected chi connectivity index (χ0v) is 11.4. The highest BCUT2D eigenvalue weighted by molar-refractivity contribution is 5.99. The Bertz CT molecular complexity index is 487. The molecule has 1 N–H and O–H groups in total. The molecule has 102 valence electrons. The van der Waals surface area contributed by atoms with Crippen LogP contribution in [-0.4, -0.2) is 38.3 Å². The Labute approximate surface area is 112 Å². The first-order valence-corrected chi connectivity index (χ1v) is 6.35. The lowest BCUT2D eigenvalue weighted by Gasteiger charge is -2.43. The van der Waals surface area contributed by atoms with Crippen molar-refractivity contribution < 1.29 is 9.59 Å². The molecule has 1 unspecified atom stereocenters. The number of carbonyl (C=O) groups is 2. The van der Waals surface area contributed by atoms with Gasteiger partial charge in [0.1, 0.15) is 17.4 Å². The van der Waals surface area contributed by atoms with Gasteiger partial charge >= 0.3 is 0 Å². The highest BCUT2D eigenvalue weighted by Gasteiger charge is 2.45. The predicted octanol–water partition coefficient (Wildman–Crippen LogP) is 0.492. The fourth-order valence-electron chi connectivity index (χ4n) is 2.09.